The van der Waals surface area contributed by atoms with Gasteiger partial charge in [0.1, 0.15) is 0 Å². The number of hydrogen-bond acceptors (Lipinski definition) is 3. The Morgan fingerprint density at radius 2 is 1.61 bits per heavy atom. The van der Waals surface area contributed by atoms with E-state index in [4.69, 9.17) is 5.73 Å². The molecule has 0 saturated heterocycles. The Hall–Kier alpha value is -2.53. The van der Waals surface area contributed by atoms with Crippen molar-refractivity contribution in [2.45, 2.75) is 11.8 Å². The Balaban J connectivity index is 2.11. The highest BCUT2D eigenvalue weighted by Gasteiger charge is 2.23. The predicted octanol–water partition coefficient (Wildman–Crippen LogP) is 3.64. The Kier molecular flexibility index (Phi) is 3.96. The smallest absolute Gasteiger partial charge is 0.264 e. The van der Waals surface area contributed by atoms with E-state index in [0.29, 0.717) is 17.9 Å². The van der Waals surface area contributed by atoms with Gasteiger partial charge < -0.3 is 5.73 Å². The molecule has 0 unspecified atom stereocenters. The number of anilines is 2. The van der Waals surface area contributed by atoms with Gasteiger partial charge >= 0.3 is 0 Å². The Morgan fingerprint density at radius 1 is 0.913 bits per heavy atom. The monoisotopic (exact) mass is 326 g/mol. The highest BCUT2D eigenvalue weighted by atomic mass is 32.2. The third-order valence-corrected chi connectivity index (χ3v) is 5.65. The van der Waals surface area contributed by atoms with Gasteiger partial charge in [-0.2, -0.15) is 0 Å². The van der Waals surface area contributed by atoms with Crippen molar-refractivity contribution in [3.05, 3.63) is 66.7 Å². The van der Waals surface area contributed by atoms with E-state index in [1.807, 2.05) is 31.2 Å². The SMILES string of the molecule is CCN(c1ccccc1)S(=O)(=O)c1ccc2ccc(N)cc2c1. The largest absolute Gasteiger partial charge is 0.399 e. The molecule has 0 aliphatic heterocycles. The molecular formula is C18H18N2O2S. The average molecular weight is 326 g/mol. The second kappa shape index (κ2) is 5.93. The first-order valence-electron chi connectivity index (χ1n) is 7.39. The zero-order valence-electron chi connectivity index (χ0n) is 12.8. The molecule has 0 aliphatic rings. The summed E-state index contributed by atoms with van der Waals surface area (Å²) in [7, 11) is -3.62. The van der Waals surface area contributed by atoms with Gasteiger partial charge in [0.25, 0.3) is 10.0 Å². The van der Waals surface area contributed by atoms with E-state index in [-0.39, 0.29) is 4.90 Å². The first-order chi connectivity index (χ1) is 11.0. The minimum atomic E-state index is -3.62. The maximum Gasteiger partial charge on any atom is 0.264 e. The van der Waals surface area contributed by atoms with Crippen LogP contribution < -0.4 is 10.0 Å². The van der Waals surface area contributed by atoms with E-state index in [1.54, 1.807) is 42.5 Å². The molecular weight excluding hydrogens is 308 g/mol. The van der Waals surface area contributed by atoms with Crippen LogP contribution in [0.25, 0.3) is 10.8 Å². The van der Waals surface area contributed by atoms with Gasteiger partial charge in [0.15, 0.2) is 0 Å². The van der Waals surface area contributed by atoms with Crippen LogP contribution in [0.1, 0.15) is 6.92 Å². The van der Waals surface area contributed by atoms with Crippen LogP contribution in [-0.4, -0.2) is 15.0 Å². The van der Waals surface area contributed by atoms with Crippen molar-refractivity contribution in [1.29, 1.82) is 0 Å². The van der Waals surface area contributed by atoms with Crippen LogP contribution in [-0.2, 0) is 10.0 Å². The molecule has 0 heterocycles. The molecule has 0 aromatic heterocycles. The lowest BCUT2D eigenvalue weighted by Gasteiger charge is -2.23. The van der Waals surface area contributed by atoms with Gasteiger partial charge in [-0.1, -0.05) is 30.3 Å². The molecule has 5 heteroatoms. The molecule has 0 bridgehead atoms. The van der Waals surface area contributed by atoms with Gasteiger partial charge in [-0.05, 0) is 54.1 Å². The molecule has 118 valence electrons. The van der Waals surface area contributed by atoms with Gasteiger partial charge in [0.2, 0.25) is 0 Å². The number of nitrogens with zero attached hydrogens (tertiary/aromatic N) is 1. The van der Waals surface area contributed by atoms with Gasteiger partial charge in [0.05, 0.1) is 10.6 Å². The van der Waals surface area contributed by atoms with Crippen molar-refractivity contribution in [2.75, 3.05) is 16.6 Å². The third kappa shape index (κ3) is 2.87. The van der Waals surface area contributed by atoms with Gasteiger partial charge in [-0.25, -0.2) is 8.42 Å². The maximum atomic E-state index is 13.0. The topological polar surface area (TPSA) is 63.4 Å². The summed E-state index contributed by atoms with van der Waals surface area (Å²) in [5.41, 5.74) is 7.07. The van der Waals surface area contributed by atoms with Crippen LogP contribution in [0.2, 0.25) is 0 Å². The molecule has 23 heavy (non-hydrogen) atoms. The van der Waals surface area contributed by atoms with Crippen molar-refractivity contribution in [1.82, 2.24) is 0 Å². The number of nitrogen functional groups attached to an aromatic ring is 1. The number of rotatable bonds is 4. The zero-order chi connectivity index (χ0) is 16.4. The lowest BCUT2D eigenvalue weighted by Crippen LogP contribution is -2.30. The summed E-state index contributed by atoms with van der Waals surface area (Å²) in [4.78, 5) is 0.265. The van der Waals surface area contributed by atoms with Crippen LogP contribution in [0.3, 0.4) is 0 Å². The summed E-state index contributed by atoms with van der Waals surface area (Å²) in [6.07, 6.45) is 0. The summed E-state index contributed by atoms with van der Waals surface area (Å²) in [6.45, 7) is 2.19. The first-order valence-corrected chi connectivity index (χ1v) is 8.83. The van der Waals surface area contributed by atoms with Gasteiger partial charge in [-0.3, -0.25) is 4.31 Å². The van der Waals surface area contributed by atoms with Crippen LogP contribution in [0.5, 0.6) is 0 Å². The standard InChI is InChI=1S/C18H18N2O2S/c1-2-20(17-6-4-3-5-7-17)23(21,22)18-11-9-14-8-10-16(19)12-15(14)13-18/h3-13H,2,19H2,1H3. The molecule has 0 radical (unpaired) electrons. The van der Waals surface area contributed by atoms with Crippen LogP contribution >= 0.6 is 0 Å². The Bertz CT molecular complexity index is 938. The maximum absolute atomic E-state index is 13.0. The lowest BCUT2D eigenvalue weighted by molar-refractivity contribution is 0.592. The third-order valence-electron chi connectivity index (χ3n) is 3.76. The van der Waals surface area contributed by atoms with Crippen molar-refractivity contribution in [2.24, 2.45) is 0 Å². The molecule has 3 aromatic carbocycles. The molecule has 3 aromatic rings. The van der Waals surface area contributed by atoms with Crippen molar-refractivity contribution < 1.29 is 8.42 Å². The fourth-order valence-electron chi connectivity index (χ4n) is 2.62. The predicted molar refractivity (Wildman–Crippen MR) is 95.0 cm³/mol. The second-order valence-electron chi connectivity index (χ2n) is 5.27. The zero-order valence-corrected chi connectivity index (χ0v) is 13.6. The Labute approximate surface area is 136 Å². The highest BCUT2D eigenvalue weighted by Crippen LogP contribution is 2.26. The van der Waals surface area contributed by atoms with Crippen LogP contribution in [0.15, 0.2) is 71.6 Å². The normalized spacial score (nSPS) is 11.5. The second-order valence-corrected chi connectivity index (χ2v) is 7.14. The van der Waals surface area contributed by atoms with Crippen molar-refractivity contribution in [3.63, 3.8) is 0 Å². The Morgan fingerprint density at radius 3 is 2.30 bits per heavy atom. The van der Waals surface area contributed by atoms with E-state index < -0.39 is 10.0 Å². The highest BCUT2D eigenvalue weighted by molar-refractivity contribution is 7.92. The number of nitrogens with two attached hydrogens (primary N) is 1. The fourth-order valence-corrected chi connectivity index (χ4v) is 4.13. The molecule has 0 aliphatic carbocycles. The van der Waals surface area contributed by atoms with Gasteiger partial charge in [-0.15, -0.1) is 0 Å². The number of benzene rings is 3. The fraction of sp³-hybridized carbons (Fsp3) is 0.111. The van der Waals surface area contributed by atoms with E-state index in [0.717, 1.165) is 10.8 Å². The van der Waals surface area contributed by atoms with E-state index >= 15 is 0 Å². The molecule has 0 spiro atoms. The van der Waals surface area contributed by atoms with E-state index in [9.17, 15) is 8.42 Å². The number of sulfonamides is 1. The summed E-state index contributed by atoms with van der Waals surface area (Å²) in [6, 6.07) is 19.7. The van der Waals surface area contributed by atoms with E-state index in [2.05, 4.69) is 0 Å². The molecule has 0 fully saturated rings. The first kappa shape index (κ1) is 15.4. The molecule has 0 amide bonds. The minimum absolute atomic E-state index is 0.265. The van der Waals surface area contributed by atoms with Crippen molar-refractivity contribution in [3.8, 4) is 0 Å². The minimum Gasteiger partial charge on any atom is -0.399 e. The quantitative estimate of drug-likeness (QED) is 0.745. The molecule has 4 nitrogen and oxygen atoms in total. The number of hydrogen-bond donors (Lipinski definition) is 1. The lowest BCUT2D eigenvalue weighted by atomic mass is 10.1. The summed E-state index contributed by atoms with van der Waals surface area (Å²) < 4.78 is 27.4. The molecule has 3 rings (SSSR count). The average Bonchev–Trinajstić information content (AvgIpc) is 2.55. The molecule has 2 N–H and O–H groups in total. The van der Waals surface area contributed by atoms with Crippen LogP contribution in [0, 0.1) is 0 Å². The van der Waals surface area contributed by atoms with Gasteiger partial charge in [0, 0.05) is 12.2 Å². The van der Waals surface area contributed by atoms with Crippen molar-refractivity contribution >= 4 is 32.2 Å². The summed E-state index contributed by atoms with van der Waals surface area (Å²) in [5, 5.41) is 1.77. The number of fused-ring (bicyclic) bond motifs is 1. The summed E-state index contributed by atoms with van der Waals surface area (Å²) >= 11 is 0. The summed E-state index contributed by atoms with van der Waals surface area (Å²) in [5.74, 6) is 0. The van der Waals surface area contributed by atoms with Crippen LogP contribution in [0.4, 0.5) is 11.4 Å². The van der Waals surface area contributed by atoms with E-state index in [1.165, 1.54) is 4.31 Å². The molecule has 0 atom stereocenters. The molecule has 0 saturated carbocycles. The number of para-hydroxylation sites is 1.